The molecule has 1 aromatic rings. The minimum absolute atomic E-state index is 0.0424. The number of anilines is 1. The van der Waals surface area contributed by atoms with E-state index in [2.05, 4.69) is 15.3 Å². The minimum Gasteiger partial charge on any atom is -0.394 e. The number of hydrogen-bond donors (Lipinski definition) is 2. The van der Waals surface area contributed by atoms with Gasteiger partial charge in [0.25, 0.3) is 0 Å². The summed E-state index contributed by atoms with van der Waals surface area (Å²) in [6, 6.07) is 3.49. The molecule has 0 aliphatic rings. The summed E-state index contributed by atoms with van der Waals surface area (Å²) in [6.07, 6.45) is 2.33. The quantitative estimate of drug-likeness (QED) is 0.638. The first kappa shape index (κ1) is 12.4. The zero-order valence-electron chi connectivity index (χ0n) is 8.89. The number of aliphatic hydroxyl groups is 1. The average Bonchev–Trinajstić information content (AvgIpc) is 2.34. The molecule has 0 aliphatic heterocycles. The molecule has 0 spiro atoms. The number of nitrogens with one attached hydrogen (secondary N) is 1. The fraction of sp³-hybridized carbons (Fsp3) is 0.500. The third-order valence-corrected chi connectivity index (χ3v) is 1.75. The second kappa shape index (κ2) is 7.56. The Morgan fingerprint density at radius 1 is 1.50 bits per heavy atom. The molecule has 0 saturated carbocycles. The topological polar surface area (TPSA) is 91.1 Å². The van der Waals surface area contributed by atoms with Gasteiger partial charge in [0.15, 0.2) is 0 Å². The van der Waals surface area contributed by atoms with Gasteiger partial charge in [0.1, 0.15) is 11.8 Å². The van der Waals surface area contributed by atoms with Crippen LogP contribution in [0.1, 0.15) is 12.1 Å². The largest absolute Gasteiger partial charge is 0.394 e. The number of aromatic nitrogens is 2. The summed E-state index contributed by atoms with van der Waals surface area (Å²) in [5, 5.41) is 20.1. The Kier molecular flexibility index (Phi) is 5.84. The summed E-state index contributed by atoms with van der Waals surface area (Å²) in [5.74, 6) is 0.446. The van der Waals surface area contributed by atoms with Crippen LogP contribution in [0.2, 0.25) is 0 Å². The van der Waals surface area contributed by atoms with Crippen molar-refractivity contribution in [1.82, 2.24) is 9.97 Å². The molecule has 1 aromatic heterocycles. The van der Waals surface area contributed by atoms with Crippen LogP contribution in [0.5, 0.6) is 0 Å². The molecule has 0 unspecified atom stereocenters. The molecule has 1 heterocycles. The van der Waals surface area contributed by atoms with E-state index in [9.17, 15) is 0 Å². The van der Waals surface area contributed by atoms with Gasteiger partial charge in [-0.2, -0.15) is 5.26 Å². The van der Waals surface area contributed by atoms with Gasteiger partial charge in [-0.05, 0) is 12.5 Å². The Balaban J connectivity index is 2.19. The highest BCUT2D eigenvalue weighted by atomic mass is 16.5. The van der Waals surface area contributed by atoms with Crippen molar-refractivity contribution in [3.8, 4) is 6.07 Å². The van der Waals surface area contributed by atoms with Crippen LogP contribution in [0.25, 0.3) is 0 Å². The summed E-state index contributed by atoms with van der Waals surface area (Å²) in [5.41, 5.74) is 0.342. The number of aliphatic hydroxyl groups excluding tert-OH is 1. The van der Waals surface area contributed by atoms with E-state index in [1.165, 1.54) is 6.20 Å². The lowest BCUT2D eigenvalue weighted by atomic mass is 10.4. The predicted octanol–water partition coefficient (Wildman–Crippen LogP) is 0.159. The molecule has 0 amide bonds. The van der Waals surface area contributed by atoms with Gasteiger partial charge in [-0.1, -0.05) is 0 Å². The number of nitriles is 1. The van der Waals surface area contributed by atoms with Crippen LogP contribution in [0.15, 0.2) is 12.3 Å². The Bertz CT molecular complexity index is 351. The van der Waals surface area contributed by atoms with E-state index in [0.717, 1.165) is 6.42 Å². The van der Waals surface area contributed by atoms with Gasteiger partial charge in [-0.15, -0.1) is 0 Å². The molecule has 0 aliphatic carbocycles. The predicted molar refractivity (Wildman–Crippen MR) is 57.8 cm³/mol. The molecule has 0 atom stereocenters. The Morgan fingerprint density at radius 3 is 3.12 bits per heavy atom. The Hall–Kier alpha value is -1.71. The van der Waals surface area contributed by atoms with Crippen LogP contribution in [0.4, 0.5) is 5.95 Å². The summed E-state index contributed by atoms with van der Waals surface area (Å²) in [4.78, 5) is 7.93. The van der Waals surface area contributed by atoms with Gasteiger partial charge < -0.3 is 15.2 Å². The number of rotatable bonds is 7. The Morgan fingerprint density at radius 2 is 2.38 bits per heavy atom. The van der Waals surface area contributed by atoms with Crippen molar-refractivity contribution in [2.75, 3.05) is 31.7 Å². The average molecular weight is 222 g/mol. The molecule has 0 bridgehead atoms. The molecule has 0 fully saturated rings. The van der Waals surface area contributed by atoms with E-state index in [1.807, 2.05) is 6.07 Å². The highest BCUT2D eigenvalue weighted by molar-refractivity contribution is 5.29. The fourth-order valence-electron chi connectivity index (χ4n) is 1.05. The first-order valence-electron chi connectivity index (χ1n) is 5.02. The number of hydrogen-bond acceptors (Lipinski definition) is 6. The zero-order chi connectivity index (χ0) is 11.6. The van der Waals surface area contributed by atoms with Crippen LogP contribution in [-0.4, -0.2) is 41.4 Å². The molecule has 86 valence electrons. The van der Waals surface area contributed by atoms with Gasteiger partial charge in [-0.25, -0.2) is 9.97 Å². The van der Waals surface area contributed by atoms with Crippen LogP contribution in [0.3, 0.4) is 0 Å². The SMILES string of the molecule is N#Cc1ccnc(NCCCOCCO)n1. The Labute approximate surface area is 93.9 Å². The highest BCUT2D eigenvalue weighted by Crippen LogP contribution is 1.98. The number of nitrogens with zero attached hydrogens (tertiary/aromatic N) is 3. The lowest BCUT2D eigenvalue weighted by Gasteiger charge is -2.04. The summed E-state index contributed by atoms with van der Waals surface area (Å²) >= 11 is 0. The van der Waals surface area contributed by atoms with E-state index >= 15 is 0 Å². The molecular weight excluding hydrogens is 208 g/mol. The molecule has 6 heteroatoms. The summed E-state index contributed by atoms with van der Waals surface area (Å²) in [7, 11) is 0. The lowest BCUT2D eigenvalue weighted by Crippen LogP contribution is -2.09. The molecule has 6 nitrogen and oxygen atoms in total. The molecular formula is C10H14N4O2. The van der Waals surface area contributed by atoms with Gasteiger partial charge in [0.2, 0.25) is 5.95 Å². The minimum atomic E-state index is 0.0424. The molecule has 2 N–H and O–H groups in total. The molecule has 0 aromatic carbocycles. The van der Waals surface area contributed by atoms with Gasteiger partial charge in [0, 0.05) is 19.3 Å². The van der Waals surface area contributed by atoms with E-state index in [-0.39, 0.29) is 6.61 Å². The smallest absolute Gasteiger partial charge is 0.223 e. The third kappa shape index (κ3) is 4.68. The van der Waals surface area contributed by atoms with Crippen molar-refractivity contribution in [2.45, 2.75) is 6.42 Å². The maximum Gasteiger partial charge on any atom is 0.223 e. The van der Waals surface area contributed by atoms with Crippen LogP contribution in [-0.2, 0) is 4.74 Å². The maximum atomic E-state index is 8.62. The zero-order valence-corrected chi connectivity index (χ0v) is 8.89. The molecule has 1 rings (SSSR count). The lowest BCUT2D eigenvalue weighted by molar-refractivity contribution is 0.0921. The van der Waals surface area contributed by atoms with Gasteiger partial charge in [-0.3, -0.25) is 0 Å². The van der Waals surface area contributed by atoms with Crippen molar-refractivity contribution in [2.24, 2.45) is 0 Å². The van der Waals surface area contributed by atoms with Crippen LogP contribution >= 0.6 is 0 Å². The second-order valence-corrected chi connectivity index (χ2v) is 2.99. The fourth-order valence-corrected chi connectivity index (χ4v) is 1.05. The van der Waals surface area contributed by atoms with Crippen molar-refractivity contribution in [3.63, 3.8) is 0 Å². The monoisotopic (exact) mass is 222 g/mol. The first-order valence-corrected chi connectivity index (χ1v) is 5.02. The van der Waals surface area contributed by atoms with Crippen molar-refractivity contribution in [3.05, 3.63) is 18.0 Å². The standard InChI is InChI=1S/C10H14N4O2/c11-8-9-2-4-13-10(14-9)12-3-1-6-16-7-5-15/h2,4,15H,1,3,5-7H2,(H,12,13,14). The van der Waals surface area contributed by atoms with Crippen molar-refractivity contribution >= 4 is 5.95 Å². The summed E-state index contributed by atoms with van der Waals surface area (Å²) in [6.45, 7) is 1.65. The number of ether oxygens (including phenoxy) is 1. The van der Waals surface area contributed by atoms with Crippen molar-refractivity contribution < 1.29 is 9.84 Å². The van der Waals surface area contributed by atoms with Gasteiger partial charge in [0.05, 0.1) is 13.2 Å². The van der Waals surface area contributed by atoms with Crippen LogP contribution < -0.4 is 5.32 Å². The molecule has 0 radical (unpaired) electrons. The maximum absolute atomic E-state index is 8.62. The van der Waals surface area contributed by atoms with E-state index in [4.69, 9.17) is 15.1 Å². The normalized spacial score (nSPS) is 9.75. The highest BCUT2D eigenvalue weighted by Gasteiger charge is 1.97. The molecule has 16 heavy (non-hydrogen) atoms. The molecule has 0 saturated heterocycles. The van der Waals surface area contributed by atoms with Crippen molar-refractivity contribution in [1.29, 1.82) is 5.26 Å². The van der Waals surface area contributed by atoms with Crippen LogP contribution in [0, 0.1) is 11.3 Å². The summed E-state index contributed by atoms with van der Waals surface area (Å²) < 4.78 is 5.08. The van der Waals surface area contributed by atoms with E-state index in [0.29, 0.717) is 31.4 Å². The first-order chi connectivity index (χ1) is 7.86. The van der Waals surface area contributed by atoms with E-state index < -0.39 is 0 Å². The van der Waals surface area contributed by atoms with Gasteiger partial charge >= 0.3 is 0 Å². The van der Waals surface area contributed by atoms with E-state index in [1.54, 1.807) is 6.07 Å². The second-order valence-electron chi connectivity index (χ2n) is 2.99. The third-order valence-electron chi connectivity index (χ3n) is 1.75.